The molecule has 0 aromatic heterocycles. The number of aliphatic carboxylic acids is 1. The van der Waals surface area contributed by atoms with Gasteiger partial charge in [0.2, 0.25) is 0 Å². The molecular formula is C15H21NO2. The largest absolute Gasteiger partial charge is 0.480 e. The van der Waals surface area contributed by atoms with Crippen LogP contribution in [0.5, 0.6) is 0 Å². The van der Waals surface area contributed by atoms with Gasteiger partial charge in [-0.3, -0.25) is 9.69 Å². The van der Waals surface area contributed by atoms with Gasteiger partial charge in [-0.05, 0) is 43.5 Å². The molecule has 1 aromatic rings. The fraction of sp³-hybridized carbons (Fsp3) is 0.533. The maximum absolute atomic E-state index is 11.5. The van der Waals surface area contributed by atoms with Crippen LogP contribution < -0.4 is 0 Å². The minimum absolute atomic E-state index is 0.469. The van der Waals surface area contributed by atoms with E-state index in [1.165, 1.54) is 5.56 Å². The molecule has 0 aliphatic carbocycles. The summed E-state index contributed by atoms with van der Waals surface area (Å²) in [5, 5.41) is 9.42. The predicted molar refractivity (Wildman–Crippen MR) is 71.6 cm³/mol. The van der Waals surface area contributed by atoms with Crippen molar-refractivity contribution in [3.8, 4) is 0 Å². The highest BCUT2D eigenvalue weighted by Gasteiger charge is 2.29. The van der Waals surface area contributed by atoms with Crippen molar-refractivity contribution in [2.75, 3.05) is 13.1 Å². The third kappa shape index (κ3) is 2.91. The van der Waals surface area contributed by atoms with E-state index in [2.05, 4.69) is 24.0 Å². The van der Waals surface area contributed by atoms with Crippen molar-refractivity contribution in [3.05, 3.63) is 35.4 Å². The number of rotatable bonds is 5. The first-order valence-electron chi connectivity index (χ1n) is 6.78. The van der Waals surface area contributed by atoms with E-state index < -0.39 is 12.0 Å². The van der Waals surface area contributed by atoms with Crippen molar-refractivity contribution in [2.24, 2.45) is 0 Å². The van der Waals surface area contributed by atoms with Crippen molar-refractivity contribution in [1.29, 1.82) is 0 Å². The Morgan fingerprint density at radius 2 is 1.89 bits per heavy atom. The molecule has 1 atom stereocenters. The first kappa shape index (κ1) is 13.1. The lowest BCUT2D eigenvalue weighted by Crippen LogP contribution is -2.31. The predicted octanol–water partition coefficient (Wildman–Crippen LogP) is 2.86. The van der Waals surface area contributed by atoms with Crippen molar-refractivity contribution in [2.45, 2.75) is 38.6 Å². The highest BCUT2D eigenvalue weighted by molar-refractivity contribution is 5.75. The molecular weight excluding hydrogens is 226 g/mol. The van der Waals surface area contributed by atoms with Crippen LogP contribution in [0.2, 0.25) is 0 Å². The fourth-order valence-corrected chi connectivity index (χ4v) is 2.66. The summed E-state index contributed by atoms with van der Waals surface area (Å²) in [7, 11) is 0. The molecule has 0 spiro atoms. The molecule has 0 radical (unpaired) electrons. The molecule has 2 rings (SSSR count). The number of hydrogen-bond acceptors (Lipinski definition) is 2. The van der Waals surface area contributed by atoms with Gasteiger partial charge in [0.25, 0.3) is 0 Å². The van der Waals surface area contributed by atoms with E-state index >= 15 is 0 Å². The van der Waals surface area contributed by atoms with E-state index in [1.807, 2.05) is 12.1 Å². The van der Waals surface area contributed by atoms with E-state index in [4.69, 9.17) is 0 Å². The Labute approximate surface area is 108 Å². The number of aryl methyl sites for hydroxylation is 1. The summed E-state index contributed by atoms with van der Waals surface area (Å²) in [6.45, 7) is 3.94. The van der Waals surface area contributed by atoms with Gasteiger partial charge in [0.15, 0.2) is 0 Å². The lowest BCUT2D eigenvalue weighted by atomic mass is 10.0. The smallest absolute Gasteiger partial charge is 0.325 e. The second-order valence-electron chi connectivity index (χ2n) is 4.98. The molecule has 0 bridgehead atoms. The second-order valence-corrected chi connectivity index (χ2v) is 4.98. The van der Waals surface area contributed by atoms with Crippen LogP contribution in [0.1, 0.15) is 43.4 Å². The van der Waals surface area contributed by atoms with Crippen LogP contribution in [-0.4, -0.2) is 29.1 Å². The van der Waals surface area contributed by atoms with Gasteiger partial charge >= 0.3 is 5.97 Å². The third-order valence-electron chi connectivity index (χ3n) is 3.57. The van der Waals surface area contributed by atoms with Gasteiger partial charge in [-0.1, -0.05) is 37.6 Å². The lowest BCUT2D eigenvalue weighted by molar-refractivity contribution is -0.143. The minimum atomic E-state index is -0.736. The summed E-state index contributed by atoms with van der Waals surface area (Å²) in [6, 6.07) is 7.60. The summed E-state index contributed by atoms with van der Waals surface area (Å²) in [5.74, 6) is -0.736. The van der Waals surface area contributed by atoms with Crippen LogP contribution in [0.15, 0.2) is 24.3 Å². The summed E-state index contributed by atoms with van der Waals surface area (Å²) < 4.78 is 0. The molecule has 1 N–H and O–H groups in total. The molecule has 1 aliphatic heterocycles. The van der Waals surface area contributed by atoms with Crippen molar-refractivity contribution in [1.82, 2.24) is 4.90 Å². The standard InChI is InChI=1S/C15H21NO2/c1-2-5-12-6-8-13(9-7-12)14(15(17)18)16-10-3-4-11-16/h6-9,14H,2-5,10-11H2,1H3,(H,17,18). The van der Waals surface area contributed by atoms with E-state index in [9.17, 15) is 9.90 Å². The van der Waals surface area contributed by atoms with Gasteiger partial charge in [0.1, 0.15) is 6.04 Å². The van der Waals surface area contributed by atoms with E-state index in [-0.39, 0.29) is 0 Å². The van der Waals surface area contributed by atoms with E-state index in [0.717, 1.165) is 44.3 Å². The van der Waals surface area contributed by atoms with E-state index in [1.54, 1.807) is 0 Å². The molecule has 98 valence electrons. The Hall–Kier alpha value is -1.35. The van der Waals surface area contributed by atoms with Gasteiger partial charge in [0, 0.05) is 0 Å². The van der Waals surface area contributed by atoms with E-state index in [0.29, 0.717) is 0 Å². The molecule has 0 saturated carbocycles. The number of benzene rings is 1. The molecule has 1 fully saturated rings. The Bertz CT molecular complexity index is 393. The third-order valence-corrected chi connectivity index (χ3v) is 3.57. The molecule has 1 heterocycles. The molecule has 1 aliphatic rings. The lowest BCUT2D eigenvalue weighted by Gasteiger charge is -2.24. The first-order chi connectivity index (χ1) is 8.72. The summed E-state index contributed by atoms with van der Waals surface area (Å²) >= 11 is 0. The van der Waals surface area contributed by atoms with Gasteiger partial charge < -0.3 is 5.11 Å². The maximum Gasteiger partial charge on any atom is 0.325 e. The molecule has 1 aromatic carbocycles. The molecule has 1 unspecified atom stereocenters. The Balaban J connectivity index is 2.17. The minimum Gasteiger partial charge on any atom is -0.480 e. The number of hydrogen-bond donors (Lipinski definition) is 1. The van der Waals surface area contributed by atoms with Gasteiger partial charge in [-0.2, -0.15) is 0 Å². The normalized spacial score (nSPS) is 17.8. The van der Waals surface area contributed by atoms with Gasteiger partial charge in [-0.15, -0.1) is 0 Å². The quantitative estimate of drug-likeness (QED) is 0.869. The molecule has 0 amide bonds. The second kappa shape index (κ2) is 6.01. The molecule has 3 nitrogen and oxygen atoms in total. The number of carboxylic acids is 1. The summed E-state index contributed by atoms with van der Waals surface area (Å²) in [6.07, 6.45) is 4.39. The van der Waals surface area contributed by atoms with Gasteiger partial charge in [-0.25, -0.2) is 0 Å². The van der Waals surface area contributed by atoms with Crippen LogP contribution in [0, 0.1) is 0 Å². The zero-order valence-corrected chi connectivity index (χ0v) is 10.9. The topological polar surface area (TPSA) is 40.5 Å². The number of likely N-dealkylation sites (tertiary alicyclic amines) is 1. The van der Waals surface area contributed by atoms with Crippen LogP contribution in [0.3, 0.4) is 0 Å². The van der Waals surface area contributed by atoms with Crippen LogP contribution in [-0.2, 0) is 11.2 Å². The van der Waals surface area contributed by atoms with Crippen LogP contribution >= 0.6 is 0 Å². The van der Waals surface area contributed by atoms with Crippen LogP contribution in [0.25, 0.3) is 0 Å². The first-order valence-corrected chi connectivity index (χ1v) is 6.78. The average Bonchev–Trinajstić information content (AvgIpc) is 2.85. The fourth-order valence-electron chi connectivity index (χ4n) is 2.66. The van der Waals surface area contributed by atoms with Crippen molar-refractivity contribution >= 4 is 5.97 Å². The summed E-state index contributed by atoms with van der Waals surface area (Å²) in [5.41, 5.74) is 2.19. The van der Waals surface area contributed by atoms with Gasteiger partial charge in [0.05, 0.1) is 0 Å². The maximum atomic E-state index is 11.5. The molecule has 18 heavy (non-hydrogen) atoms. The zero-order valence-electron chi connectivity index (χ0n) is 10.9. The highest BCUT2D eigenvalue weighted by atomic mass is 16.4. The Morgan fingerprint density at radius 3 is 2.39 bits per heavy atom. The monoisotopic (exact) mass is 247 g/mol. The van der Waals surface area contributed by atoms with Crippen LogP contribution in [0.4, 0.5) is 0 Å². The Kier molecular flexibility index (Phi) is 4.37. The Morgan fingerprint density at radius 1 is 1.28 bits per heavy atom. The highest BCUT2D eigenvalue weighted by Crippen LogP contribution is 2.25. The zero-order chi connectivity index (χ0) is 13.0. The summed E-state index contributed by atoms with van der Waals surface area (Å²) in [4.78, 5) is 13.5. The molecule has 1 saturated heterocycles. The number of nitrogens with zero attached hydrogens (tertiary/aromatic N) is 1. The number of carboxylic acid groups (broad SMARTS) is 1. The average molecular weight is 247 g/mol. The number of carbonyl (C=O) groups is 1. The van der Waals surface area contributed by atoms with Crippen molar-refractivity contribution < 1.29 is 9.90 Å². The SMILES string of the molecule is CCCc1ccc(C(C(=O)O)N2CCCC2)cc1. The van der Waals surface area contributed by atoms with Crippen molar-refractivity contribution in [3.63, 3.8) is 0 Å². The molecule has 3 heteroatoms.